The van der Waals surface area contributed by atoms with Gasteiger partial charge in [0, 0.05) is 37.3 Å². The fourth-order valence-corrected chi connectivity index (χ4v) is 2.98. The highest BCUT2D eigenvalue weighted by Crippen LogP contribution is 2.32. The molecule has 0 fully saturated rings. The van der Waals surface area contributed by atoms with Crippen molar-refractivity contribution in [3.05, 3.63) is 29.7 Å². The number of hydrogen-bond acceptors (Lipinski definition) is 3. The number of rotatable bonds is 4. The third kappa shape index (κ3) is 2.32. The first-order valence-electron chi connectivity index (χ1n) is 7.51. The molecule has 2 atom stereocenters. The lowest BCUT2D eigenvalue weighted by molar-refractivity contribution is 0.472. The predicted molar refractivity (Wildman–Crippen MR) is 80.0 cm³/mol. The zero-order chi connectivity index (χ0) is 14.1. The highest BCUT2D eigenvalue weighted by molar-refractivity contribution is 5.41. The second-order valence-electron chi connectivity index (χ2n) is 5.77. The molecule has 20 heavy (non-hydrogen) atoms. The third-order valence-electron chi connectivity index (χ3n) is 4.11. The second-order valence-corrected chi connectivity index (χ2v) is 5.77. The fourth-order valence-electron chi connectivity index (χ4n) is 2.98. The maximum atomic E-state index is 4.85. The van der Waals surface area contributed by atoms with Crippen molar-refractivity contribution in [3.8, 4) is 0 Å². The number of aromatic nitrogens is 4. The summed E-state index contributed by atoms with van der Waals surface area (Å²) < 4.78 is 4.00. The van der Waals surface area contributed by atoms with Crippen LogP contribution in [0.25, 0.3) is 0 Å². The van der Waals surface area contributed by atoms with Crippen LogP contribution in [0, 0.1) is 0 Å². The molecule has 0 aromatic carbocycles. The Morgan fingerprint density at radius 2 is 2.35 bits per heavy atom. The summed E-state index contributed by atoms with van der Waals surface area (Å²) in [6.45, 7) is 5.48. The van der Waals surface area contributed by atoms with E-state index in [1.165, 1.54) is 24.1 Å². The van der Waals surface area contributed by atoms with E-state index >= 15 is 0 Å². The first-order chi connectivity index (χ1) is 9.69. The van der Waals surface area contributed by atoms with Crippen molar-refractivity contribution >= 4 is 5.82 Å². The minimum atomic E-state index is 0.308. The zero-order valence-corrected chi connectivity index (χ0v) is 12.5. The van der Waals surface area contributed by atoms with Gasteiger partial charge < -0.3 is 5.32 Å². The summed E-state index contributed by atoms with van der Waals surface area (Å²) in [5, 5.41) is 12.6. The van der Waals surface area contributed by atoms with Gasteiger partial charge in [-0.3, -0.25) is 4.68 Å². The Morgan fingerprint density at radius 1 is 1.50 bits per heavy atom. The highest BCUT2D eigenvalue weighted by Gasteiger charge is 2.25. The summed E-state index contributed by atoms with van der Waals surface area (Å²) in [7, 11) is 1.96. The van der Waals surface area contributed by atoms with Crippen LogP contribution >= 0.6 is 0 Å². The topological polar surface area (TPSA) is 47.7 Å². The van der Waals surface area contributed by atoms with Crippen molar-refractivity contribution in [1.82, 2.24) is 19.6 Å². The number of anilines is 1. The molecule has 2 aromatic heterocycles. The summed E-state index contributed by atoms with van der Waals surface area (Å²) in [5.41, 5.74) is 2.44. The van der Waals surface area contributed by atoms with Gasteiger partial charge in [0.25, 0.3) is 0 Å². The summed E-state index contributed by atoms with van der Waals surface area (Å²) in [4.78, 5) is 0. The van der Waals surface area contributed by atoms with Crippen molar-refractivity contribution in [3.63, 3.8) is 0 Å². The predicted octanol–water partition coefficient (Wildman–Crippen LogP) is 2.93. The van der Waals surface area contributed by atoms with Crippen LogP contribution in [0.5, 0.6) is 0 Å². The minimum Gasteiger partial charge on any atom is -0.370 e. The molecule has 5 nitrogen and oxygen atoms in total. The Bertz CT molecular complexity index is 583. The SMILES string of the molecule is CCCC(C)c1cc2n(n1)C(c1cnn(C)c1)CCN2. The van der Waals surface area contributed by atoms with Crippen molar-refractivity contribution in [2.24, 2.45) is 7.05 Å². The molecule has 1 N–H and O–H groups in total. The van der Waals surface area contributed by atoms with Gasteiger partial charge in [0.1, 0.15) is 5.82 Å². The molecule has 0 radical (unpaired) electrons. The summed E-state index contributed by atoms with van der Waals surface area (Å²) >= 11 is 0. The van der Waals surface area contributed by atoms with Gasteiger partial charge in [0.05, 0.1) is 17.9 Å². The van der Waals surface area contributed by atoms with Crippen LogP contribution in [0.4, 0.5) is 5.82 Å². The van der Waals surface area contributed by atoms with Gasteiger partial charge in [-0.25, -0.2) is 4.68 Å². The van der Waals surface area contributed by atoms with E-state index in [-0.39, 0.29) is 0 Å². The molecule has 0 saturated heterocycles. The van der Waals surface area contributed by atoms with Crippen LogP contribution in [0.15, 0.2) is 18.5 Å². The van der Waals surface area contributed by atoms with E-state index < -0.39 is 0 Å². The van der Waals surface area contributed by atoms with Crippen molar-refractivity contribution in [2.45, 2.75) is 45.1 Å². The Kier molecular flexibility index (Phi) is 3.51. The van der Waals surface area contributed by atoms with Crippen LogP contribution in [0.1, 0.15) is 56.3 Å². The molecule has 2 unspecified atom stereocenters. The van der Waals surface area contributed by atoms with Crippen molar-refractivity contribution < 1.29 is 0 Å². The number of nitrogens with one attached hydrogen (secondary N) is 1. The summed E-state index contributed by atoms with van der Waals surface area (Å²) in [6, 6.07) is 2.52. The van der Waals surface area contributed by atoms with Crippen LogP contribution in [-0.2, 0) is 7.05 Å². The lowest BCUT2D eigenvalue weighted by Gasteiger charge is -2.24. The maximum absolute atomic E-state index is 4.85. The van der Waals surface area contributed by atoms with Gasteiger partial charge in [-0.1, -0.05) is 20.3 Å². The average Bonchev–Trinajstić information content (AvgIpc) is 3.04. The summed E-state index contributed by atoms with van der Waals surface area (Å²) in [6.07, 6.45) is 7.49. The van der Waals surface area contributed by atoms with Gasteiger partial charge in [0.15, 0.2) is 0 Å². The molecule has 1 aliphatic rings. The Labute approximate surface area is 120 Å². The molecule has 0 amide bonds. The molecular formula is C15H23N5. The lowest BCUT2D eigenvalue weighted by atomic mass is 10.0. The normalized spacial score (nSPS) is 19.4. The molecular weight excluding hydrogens is 250 g/mol. The van der Waals surface area contributed by atoms with Crippen molar-refractivity contribution in [1.29, 1.82) is 0 Å². The average molecular weight is 273 g/mol. The molecule has 1 aliphatic heterocycles. The molecule has 3 heterocycles. The molecule has 2 aromatic rings. The van der Waals surface area contributed by atoms with Crippen LogP contribution in [0.3, 0.4) is 0 Å². The first-order valence-corrected chi connectivity index (χ1v) is 7.51. The quantitative estimate of drug-likeness (QED) is 0.931. The number of hydrogen-bond donors (Lipinski definition) is 1. The molecule has 0 bridgehead atoms. The Morgan fingerprint density at radius 3 is 3.05 bits per heavy atom. The monoisotopic (exact) mass is 273 g/mol. The van der Waals surface area contributed by atoms with Gasteiger partial charge >= 0.3 is 0 Å². The van der Waals surface area contributed by atoms with E-state index in [1.54, 1.807) is 0 Å². The highest BCUT2D eigenvalue weighted by atomic mass is 15.4. The molecule has 0 spiro atoms. The Balaban J connectivity index is 1.92. The molecule has 3 rings (SSSR count). The van der Waals surface area contributed by atoms with Gasteiger partial charge in [-0.05, 0) is 12.8 Å². The third-order valence-corrected chi connectivity index (χ3v) is 4.11. The zero-order valence-electron chi connectivity index (χ0n) is 12.5. The number of aryl methyl sites for hydroxylation is 1. The summed E-state index contributed by atoms with van der Waals surface area (Å²) in [5.74, 6) is 1.66. The molecule has 0 aliphatic carbocycles. The number of fused-ring (bicyclic) bond motifs is 1. The van der Waals surface area contributed by atoms with E-state index in [0.29, 0.717) is 12.0 Å². The largest absolute Gasteiger partial charge is 0.370 e. The van der Waals surface area contributed by atoms with Crippen LogP contribution in [-0.4, -0.2) is 26.1 Å². The lowest BCUT2D eigenvalue weighted by Crippen LogP contribution is -2.24. The standard InChI is InChI=1S/C15H23N5/c1-4-5-11(2)13-8-15-16-7-6-14(20(15)18-13)12-9-17-19(3)10-12/h8-11,14,16H,4-7H2,1-3H3. The van der Waals surface area contributed by atoms with Crippen LogP contribution in [0.2, 0.25) is 0 Å². The Hall–Kier alpha value is -1.78. The minimum absolute atomic E-state index is 0.308. The van der Waals surface area contributed by atoms with E-state index in [0.717, 1.165) is 18.8 Å². The second kappa shape index (κ2) is 5.31. The van der Waals surface area contributed by atoms with E-state index in [9.17, 15) is 0 Å². The maximum Gasteiger partial charge on any atom is 0.125 e. The smallest absolute Gasteiger partial charge is 0.125 e. The molecule has 108 valence electrons. The van der Waals surface area contributed by atoms with E-state index in [1.807, 2.05) is 17.9 Å². The van der Waals surface area contributed by atoms with Crippen LogP contribution < -0.4 is 5.32 Å². The number of nitrogens with zero attached hydrogens (tertiary/aromatic N) is 4. The fraction of sp³-hybridized carbons (Fsp3) is 0.600. The van der Waals surface area contributed by atoms with E-state index in [2.05, 4.69) is 41.2 Å². The molecule has 0 saturated carbocycles. The van der Waals surface area contributed by atoms with Gasteiger partial charge in [-0.2, -0.15) is 10.2 Å². The van der Waals surface area contributed by atoms with E-state index in [4.69, 9.17) is 5.10 Å². The molecule has 5 heteroatoms. The van der Waals surface area contributed by atoms with Crippen molar-refractivity contribution in [2.75, 3.05) is 11.9 Å². The first kappa shape index (κ1) is 13.2. The van der Waals surface area contributed by atoms with Gasteiger partial charge in [0.2, 0.25) is 0 Å². The van der Waals surface area contributed by atoms with Gasteiger partial charge in [-0.15, -0.1) is 0 Å².